The van der Waals surface area contributed by atoms with E-state index >= 15 is 0 Å². The predicted octanol–water partition coefficient (Wildman–Crippen LogP) is 3.13. The van der Waals surface area contributed by atoms with Gasteiger partial charge in [0.05, 0.1) is 10.2 Å². The van der Waals surface area contributed by atoms with Gasteiger partial charge in [-0.25, -0.2) is 4.98 Å². The van der Waals surface area contributed by atoms with Crippen molar-refractivity contribution in [3.05, 3.63) is 23.2 Å². The number of nitrogens with zero attached hydrogens (tertiary/aromatic N) is 1. The number of benzene rings is 1. The molecule has 17 heavy (non-hydrogen) atoms. The van der Waals surface area contributed by atoms with Crippen LogP contribution in [0.3, 0.4) is 0 Å². The number of halogens is 1. The number of anilines is 1. The highest BCUT2D eigenvalue weighted by atomic mass is 35.5. The van der Waals surface area contributed by atoms with Crippen LogP contribution in [-0.2, 0) is 10.8 Å². The van der Waals surface area contributed by atoms with Gasteiger partial charge in [-0.1, -0.05) is 22.9 Å². The van der Waals surface area contributed by atoms with Crippen molar-refractivity contribution in [3.8, 4) is 0 Å². The fourth-order valence-corrected chi connectivity index (χ4v) is 3.48. The van der Waals surface area contributed by atoms with Gasteiger partial charge >= 0.3 is 0 Å². The van der Waals surface area contributed by atoms with Crippen molar-refractivity contribution in [2.75, 3.05) is 17.3 Å². The minimum absolute atomic E-state index is 0.150. The Hall–Kier alpha value is -0.650. The third-order valence-corrected chi connectivity index (χ3v) is 4.38. The summed E-state index contributed by atoms with van der Waals surface area (Å²) in [6.07, 6.45) is 1.70. The van der Waals surface area contributed by atoms with E-state index < -0.39 is 10.8 Å². The molecule has 0 aliphatic heterocycles. The molecule has 0 saturated carbocycles. The number of hydrogen-bond donors (Lipinski definition) is 1. The van der Waals surface area contributed by atoms with E-state index in [9.17, 15) is 4.21 Å². The number of nitrogens with one attached hydrogen (secondary N) is 1. The van der Waals surface area contributed by atoms with E-state index in [1.807, 2.05) is 25.1 Å². The van der Waals surface area contributed by atoms with E-state index in [0.717, 1.165) is 15.3 Å². The highest BCUT2D eigenvalue weighted by molar-refractivity contribution is 7.84. The standard InChI is InChI=1S/C11H13ClN2OS2/c1-7(6-17(2)15)13-11-14-9-5-8(12)3-4-10(9)16-11/h3-5,7H,6H2,1-2H3,(H,13,14). The molecule has 0 aliphatic rings. The summed E-state index contributed by atoms with van der Waals surface area (Å²) in [5.41, 5.74) is 0.898. The molecule has 2 rings (SSSR count). The Morgan fingerprint density at radius 2 is 2.35 bits per heavy atom. The zero-order chi connectivity index (χ0) is 12.4. The average Bonchev–Trinajstić information content (AvgIpc) is 2.57. The van der Waals surface area contributed by atoms with Crippen LogP contribution in [0.4, 0.5) is 5.13 Å². The fourth-order valence-electron chi connectivity index (χ4n) is 1.57. The Bertz CT molecular complexity index is 555. The first-order valence-corrected chi connectivity index (χ1v) is 8.09. The summed E-state index contributed by atoms with van der Waals surface area (Å²) >= 11 is 7.49. The van der Waals surface area contributed by atoms with Gasteiger partial charge in [0.25, 0.3) is 0 Å². The van der Waals surface area contributed by atoms with Crippen LogP contribution < -0.4 is 5.32 Å². The number of fused-ring (bicyclic) bond motifs is 1. The minimum atomic E-state index is -0.797. The summed E-state index contributed by atoms with van der Waals surface area (Å²) in [5, 5.41) is 4.79. The first-order chi connectivity index (χ1) is 8.04. The molecule has 0 amide bonds. The van der Waals surface area contributed by atoms with Gasteiger partial charge in [-0.3, -0.25) is 4.21 Å². The van der Waals surface area contributed by atoms with Crippen molar-refractivity contribution < 1.29 is 4.21 Å². The van der Waals surface area contributed by atoms with Gasteiger partial charge in [0.1, 0.15) is 0 Å². The van der Waals surface area contributed by atoms with E-state index in [0.29, 0.717) is 10.8 Å². The Morgan fingerprint density at radius 3 is 3.06 bits per heavy atom. The van der Waals surface area contributed by atoms with Crippen LogP contribution in [0.25, 0.3) is 10.2 Å². The van der Waals surface area contributed by atoms with E-state index in [4.69, 9.17) is 11.6 Å². The van der Waals surface area contributed by atoms with Crippen LogP contribution in [0, 0.1) is 0 Å². The second-order valence-corrected chi connectivity index (χ2v) is 6.86. The topological polar surface area (TPSA) is 42.0 Å². The Labute approximate surface area is 112 Å². The van der Waals surface area contributed by atoms with Crippen LogP contribution in [0.2, 0.25) is 5.02 Å². The molecule has 0 fully saturated rings. The van der Waals surface area contributed by atoms with Gasteiger partial charge in [0.2, 0.25) is 0 Å². The second kappa shape index (κ2) is 5.33. The zero-order valence-electron chi connectivity index (χ0n) is 9.57. The molecule has 6 heteroatoms. The molecular weight excluding hydrogens is 276 g/mol. The van der Waals surface area contributed by atoms with Crippen LogP contribution in [-0.4, -0.2) is 27.2 Å². The summed E-state index contributed by atoms with van der Waals surface area (Å²) < 4.78 is 12.2. The maximum absolute atomic E-state index is 11.1. The van der Waals surface area contributed by atoms with Crippen molar-refractivity contribution in [1.82, 2.24) is 4.98 Å². The van der Waals surface area contributed by atoms with Crippen molar-refractivity contribution in [2.45, 2.75) is 13.0 Å². The lowest BCUT2D eigenvalue weighted by Crippen LogP contribution is -2.21. The lowest BCUT2D eigenvalue weighted by Gasteiger charge is -2.10. The van der Waals surface area contributed by atoms with Gasteiger partial charge in [0.15, 0.2) is 5.13 Å². The molecule has 2 atom stereocenters. The van der Waals surface area contributed by atoms with Crippen LogP contribution in [0.5, 0.6) is 0 Å². The van der Waals surface area contributed by atoms with Gasteiger partial charge in [0, 0.05) is 33.9 Å². The molecule has 0 aliphatic carbocycles. The lowest BCUT2D eigenvalue weighted by atomic mass is 10.3. The van der Waals surface area contributed by atoms with Crippen LogP contribution in [0.15, 0.2) is 18.2 Å². The summed E-state index contributed by atoms with van der Waals surface area (Å²) in [4.78, 5) is 4.44. The van der Waals surface area contributed by atoms with E-state index in [-0.39, 0.29) is 6.04 Å². The van der Waals surface area contributed by atoms with Crippen molar-refractivity contribution >= 4 is 49.1 Å². The second-order valence-electron chi connectivity index (χ2n) is 3.92. The Morgan fingerprint density at radius 1 is 1.59 bits per heavy atom. The monoisotopic (exact) mass is 288 g/mol. The molecular formula is C11H13ClN2OS2. The highest BCUT2D eigenvalue weighted by Crippen LogP contribution is 2.28. The molecule has 0 spiro atoms. The molecule has 1 aromatic heterocycles. The molecule has 1 N–H and O–H groups in total. The quantitative estimate of drug-likeness (QED) is 0.940. The first-order valence-electron chi connectivity index (χ1n) is 5.17. The maximum Gasteiger partial charge on any atom is 0.184 e. The van der Waals surface area contributed by atoms with E-state index in [2.05, 4.69) is 10.3 Å². The molecule has 2 aromatic rings. The Balaban J connectivity index is 2.16. The number of rotatable bonds is 4. The largest absolute Gasteiger partial charge is 0.358 e. The third-order valence-electron chi connectivity index (χ3n) is 2.20. The SMILES string of the molecule is CC(CS(C)=O)Nc1nc2cc(Cl)ccc2s1. The van der Waals surface area contributed by atoms with Gasteiger partial charge in [-0.2, -0.15) is 0 Å². The van der Waals surface area contributed by atoms with Crippen molar-refractivity contribution in [3.63, 3.8) is 0 Å². The molecule has 92 valence electrons. The highest BCUT2D eigenvalue weighted by Gasteiger charge is 2.08. The normalized spacial score (nSPS) is 14.8. The van der Waals surface area contributed by atoms with Gasteiger partial charge in [-0.05, 0) is 25.1 Å². The first kappa shape index (κ1) is 12.8. The smallest absolute Gasteiger partial charge is 0.184 e. The molecule has 0 bridgehead atoms. The molecule has 1 aromatic carbocycles. The van der Waals surface area contributed by atoms with E-state index in [1.165, 1.54) is 0 Å². The lowest BCUT2D eigenvalue weighted by molar-refractivity contribution is 0.683. The summed E-state index contributed by atoms with van der Waals surface area (Å²) in [6.45, 7) is 2.00. The summed E-state index contributed by atoms with van der Waals surface area (Å²) in [5.74, 6) is 0.622. The minimum Gasteiger partial charge on any atom is -0.358 e. The molecule has 0 saturated heterocycles. The van der Waals surface area contributed by atoms with Gasteiger partial charge < -0.3 is 5.32 Å². The van der Waals surface area contributed by atoms with Crippen LogP contribution in [0.1, 0.15) is 6.92 Å². The molecule has 3 nitrogen and oxygen atoms in total. The average molecular weight is 289 g/mol. The number of aromatic nitrogens is 1. The maximum atomic E-state index is 11.1. The third kappa shape index (κ3) is 3.40. The summed E-state index contributed by atoms with van der Waals surface area (Å²) in [7, 11) is -0.797. The Kier molecular flexibility index (Phi) is 4.01. The number of hydrogen-bond acceptors (Lipinski definition) is 4. The van der Waals surface area contributed by atoms with Gasteiger partial charge in [-0.15, -0.1) is 0 Å². The van der Waals surface area contributed by atoms with E-state index in [1.54, 1.807) is 17.6 Å². The summed E-state index contributed by atoms with van der Waals surface area (Å²) in [6, 6.07) is 5.82. The van der Waals surface area contributed by atoms with Crippen molar-refractivity contribution in [1.29, 1.82) is 0 Å². The predicted molar refractivity (Wildman–Crippen MR) is 76.6 cm³/mol. The zero-order valence-corrected chi connectivity index (χ0v) is 12.0. The van der Waals surface area contributed by atoms with Crippen molar-refractivity contribution in [2.24, 2.45) is 0 Å². The molecule has 1 heterocycles. The molecule has 0 radical (unpaired) electrons. The van der Waals surface area contributed by atoms with Crippen LogP contribution >= 0.6 is 22.9 Å². The molecule has 2 unspecified atom stereocenters. The fraction of sp³-hybridized carbons (Fsp3) is 0.364. The number of thiazole rings is 1.